The molecular weight excluding hydrogens is 514 g/mol. The van der Waals surface area contributed by atoms with Crippen molar-refractivity contribution in [2.75, 3.05) is 65.6 Å². The van der Waals surface area contributed by atoms with Crippen molar-refractivity contribution in [2.45, 2.75) is 19.5 Å². The van der Waals surface area contributed by atoms with Crippen molar-refractivity contribution in [1.29, 1.82) is 0 Å². The lowest BCUT2D eigenvalue weighted by Gasteiger charge is -2.36. The van der Waals surface area contributed by atoms with Gasteiger partial charge in [0.2, 0.25) is 11.2 Å². The van der Waals surface area contributed by atoms with Gasteiger partial charge in [-0.3, -0.25) is 14.5 Å². The molecule has 1 amide bonds. The molecule has 0 saturated carbocycles. The van der Waals surface area contributed by atoms with E-state index in [1.807, 2.05) is 36.4 Å². The van der Waals surface area contributed by atoms with Crippen molar-refractivity contribution in [3.8, 4) is 23.0 Å². The van der Waals surface area contributed by atoms with E-state index in [1.165, 1.54) is 17.9 Å². The standard InChI is InChI=1S/C30H35N3O7/c1-36-26-7-5-4-6-24(26)32-10-12-33(13-11-32)30(35)20-40-29-19-39-23(16-25(29)34)18-31-9-8-21-14-27(37-2)28(38-3)15-22(21)17-31/h4-7,14-16,19H,8-13,17-18,20H2,1-3H3. The molecule has 1 saturated heterocycles. The van der Waals surface area contributed by atoms with Crippen LogP contribution in [0.25, 0.3) is 0 Å². The van der Waals surface area contributed by atoms with E-state index < -0.39 is 0 Å². The SMILES string of the molecule is COc1cc2c(cc1OC)CN(Cc1cc(=O)c(OCC(=O)N3CCN(c4ccccc4OC)CC3)co1)CC2. The molecule has 3 aromatic rings. The molecule has 0 spiro atoms. The summed E-state index contributed by atoms with van der Waals surface area (Å²) >= 11 is 0. The molecule has 1 aromatic heterocycles. The van der Waals surface area contributed by atoms with Crippen LogP contribution in [0.5, 0.6) is 23.0 Å². The minimum absolute atomic E-state index is 0.0329. The maximum Gasteiger partial charge on any atom is 0.260 e. The number of piperazine rings is 1. The van der Waals surface area contributed by atoms with E-state index in [0.29, 0.717) is 50.8 Å². The topological polar surface area (TPSA) is 93.9 Å². The molecule has 0 radical (unpaired) electrons. The van der Waals surface area contributed by atoms with Gasteiger partial charge in [0.1, 0.15) is 17.8 Å². The number of para-hydroxylation sites is 2. The highest BCUT2D eigenvalue weighted by Gasteiger charge is 2.24. The second-order valence-corrected chi connectivity index (χ2v) is 9.84. The number of fused-ring (bicyclic) bond motifs is 1. The van der Waals surface area contributed by atoms with Crippen molar-refractivity contribution in [3.63, 3.8) is 0 Å². The largest absolute Gasteiger partial charge is 0.495 e. The molecular formula is C30H35N3O7. The molecule has 0 atom stereocenters. The highest BCUT2D eigenvalue weighted by molar-refractivity contribution is 5.78. The predicted molar refractivity (Wildman–Crippen MR) is 150 cm³/mol. The summed E-state index contributed by atoms with van der Waals surface area (Å²) in [5.41, 5.74) is 3.09. The molecule has 2 aromatic carbocycles. The number of benzene rings is 2. The van der Waals surface area contributed by atoms with Crippen molar-refractivity contribution >= 4 is 11.6 Å². The van der Waals surface area contributed by atoms with Crippen molar-refractivity contribution < 1.29 is 28.2 Å². The number of nitrogens with zero attached hydrogens (tertiary/aromatic N) is 3. The van der Waals surface area contributed by atoms with Gasteiger partial charge in [-0.2, -0.15) is 0 Å². The number of anilines is 1. The second-order valence-electron chi connectivity index (χ2n) is 9.84. The second kappa shape index (κ2) is 12.3. The Kier molecular flexibility index (Phi) is 8.45. The summed E-state index contributed by atoms with van der Waals surface area (Å²) in [6.07, 6.45) is 2.16. The Bertz CT molecular complexity index is 1400. The van der Waals surface area contributed by atoms with Crippen LogP contribution in [0.15, 0.2) is 57.9 Å². The molecule has 0 bridgehead atoms. The first kappa shape index (κ1) is 27.4. The normalized spacial score (nSPS) is 15.4. The molecule has 2 aliphatic heterocycles. The third kappa shape index (κ3) is 6.02. The van der Waals surface area contributed by atoms with Gasteiger partial charge in [0.25, 0.3) is 5.91 Å². The molecule has 3 heterocycles. The lowest BCUT2D eigenvalue weighted by Crippen LogP contribution is -2.50. The van der Waals surface area contributed by atoms with Gasteiger partial charge in [-0.05, 0) is 41.8 Å². The van der Waals surface area contributed by atoms with Gasteiger partial charge in [0.05, 0.1) is 33.6 Å². The van der Waals surface area contributed by atoms with E-state index in [-0.39, 0.29) is 23.7 Å². The monoisotopic (exact) mass is 549 g/mol. The number of hydrogen-bond acceptors (Lipinski definition) is 9. The number of hydrogen-bond donors (Lipinski definition) is 0. The third-order valence-corrected chi connectivity index (χ3v) is 7.44. The molecule has 212 valence electrons. The average Bonchev–Trinajstić information content (AvgIpc) is 2.99. The molecule has 0 unspecified atom stereocenters. The molecule has 1 fully saturated rings. The highest BCUT2D eigenvalue weighted by Crippen LogP contribution is 2.33. The zero-order valence-electron chi connectivity index (χ0n) is 23.2. The van der Waals surface area contributed by atoms with Crippen LogP contribution in [0, 0.1) is 0 Å². The quantitative estimate of drug-likeness (QED) is 0.399. The van der Waals surface area contributed by atoms with Gasteiger partial charge in [-0.15, -0.1) is 0 Å². The lowest BCUT2D eigenvalue weighted by molar-refractivity contribution is -0.133. The van der Waals surface area contributed by atoms with Crippen LogP contribution < -0.4 is 29.3 Å². The predicted octanol–water partition coefficient (Wildman–Crippen LogP) is 2.95. The number of carbonyl (C=O) groups excluding carboxylic acids is 1. The Labute approximate surface area is 233 Å². The van der Waals surface area contributed by atoms with E-state index in [2.05, 4.69) is 9.80 Å². The number of methoxy groups -OCH3 is 3. The van der Waals surface area contributed by atoms with Gasteiger partial charge < -0.3 is 33.2 Å². The van der Waals surface area contributed by atoms with Crippen molar-refractivity contribution in [2.24, 2.45) is 0 Å². The summed E-state index contributed by atoms with van der Waals surface area (Å²) in [7, 11) is 4.91. The van der Waals surface area contributed by atoms with Crippen LogP contribution in [0.4, 0.5) is 5.69 Å². The first-order valence-electron chi connectivity index (χ1n) is 13.4. The fourth-order valence-electron chi connectivity index (χ4n) is 5.24. The summed E-state index contributed by atoms with van der Waals surface area (Å²) in [4.78, 5) is 31.6. The molecule has 0 N–H and O–H groups in total. The fourth-order valence-corrected chi connectivity index (χ4v) is 5.24. The maximum atomic E-state index is 12.8. The van der Waals surface area contributed by atoms with E-state index in [0.717, 1.165) is 35.7 Å². The Morgan fingerprint density at radius 2 is 1.55 bits per heavy atom. The zero-order valence-corrected chi connectivity index (χ0v) is 23.2. The molecule has 40 heavy (non-hydrogen) atoms. The molecule has 5 rings (SSSR count). The van der Waals surface area contributed by atoms with E-state index >= 15 is 0 Å². The number of ether oxygens (including phenoxy) is 4. The zero-order chi connectivity index (χ0) is 28.1. The number of carbonyl (C=O) groups is 1. The molecule has 0 aliphatic carbocycles. The van der Waals surface area contributed by atoms with E-state index in [4.69, 9.17) is 23.4 Å². The van der Waals surface area contributed by atoms with Crippen LogP contribution in [-0.2, 0) is 24.3 Å². The summed E-state index contributed by atoms with van der Waals surface area (Å²) in [6, 6.07) is 13.3. The molecule has 10 heteroatoms. The van der Waals surface area contributed by atoms with Crippen LogP contribution in [0.2, 0.25) is 0 Å². The van der Waals surface area contributed by atoms with Gasteiger partial charge in [-0.25, -0.2) is 0 Å². The maximum absolute atomic E-state index is 12.8. The minimum Gasteiger partial charge on any atom is -0.495 e. The van der Waals surface area contributed by atoms with Crippen LogP contribution in [0.1, 0.15) is 16.9 Å². The van der Waals surface area contributed by atoms with E-state index in [9.17, 15) is 9.59 Å². The highest BCUT2D eigenvalue weighted by atomic mass is 16.5. The first-order chi connectivity index (χ1) is 19.5. The smallest absolute Gasteiger partial charge is 0.260 e. The Morgan fingerprint density at radius 3 is 2.25 bits per heavy atom. The van der Waals surface area contributed by atoms with Crippen molar-refractivity contribution in [1.82, 2.24) is 9.80 Å². The molecule has 2 aliphatic rings. The van der Waals surface area contributed by atoms with Gasteiger partial charge in [0, 0.05) is 45.3 Å². The minimum atomic E-state index is -0.307. The third-order valence-electron chi connectivity index (χ3n) is 7.44. The Morgan fingerprint density at radius 1 is 0.850 bits per heavy atom. The fraction of sp³-hybridized carbons (Fsp3) is 0.400. The van der Waals surface area contributed by atoms with Crippen LogP contribution in [0.3, 0.4) is 0 Å². The lowest BCUT2D eigenvalue weighted by atomic mass is 9.98. The van der Waals surface area contributed by atoms with Gasteiger partial charge in [0.15, 0.2) is 18.1 Å². The van der Waals surface area contributed by atoms with Crippen molar-refractivity contribution in [3.05, 3.63) is 75.8 Å². The first-order valence-corrected chi connectivity index (χ1v) is 13.4. The van der Waals surface area contributed by atoms with Crippen LogP contribution in [-0.4, -0.2) is 76.4 Å². The Hall–Kier alpha value is -4.18. The number of amides is 1. The summed E-state index contributed by atoms with van der Waals surface area (Å²) < 4.78 is 27.6. The van der Waals surface area contributed by atoms with E-state index in [1.54, 1.807) is 26.2 Å². The summed E-state index contributed by atoms with van der Waals surface area (Å²) in [5, 5.41) is 0. The summed E-state index contributed by atoms with van der Waals surface area (Å²) in [5.74, 6) is 2.65. The number of rotatable bonds is 9. The van der Waals surface area contributed by atoms with Crippen LogP contribution >= 0.6 is 0 Å². The average molecular weight is 550 g/mol. The molecule has 10 nitrogen and oxygen atoms in total. The van der Waals surface area contributed by atoms with Gasteiger partial charge >= 0.3 is 0 Å². The Balaban J connectivity index is 1.12. The van der Waals surface area contributed by atoms with Gasteiger partial charge in [-0.1, -0.05) is 12.1 Å². The summed E-state index contributed by atoms with van der Waals surface area (Å²) in [6.45, 7) is 4.29.